The lowest BCUT2D eigenvalue weighted by atomic mass is 10.4. The zero-order chi connectivity index (χ0) is 12.4. The van der Waals surface area contributed by atoms with Crippen LogP contribution in [0.5, 0.6) is 0 Å². The van der Waals surface area contributed by atoms with Gasteiger partial charge in [0.2, 0.25) is 0 Å². The second-order valence-electron chi connectivity index (χ2n) is 4.12. The van der Waals surface area contributed by atoms with Gasteiger partial charge in [0.15, 0.2) is 0 Å². The molecule has 0 atom stereocenters. The van der Waals surface area contributed by atoms with Crippen LogP contribution in [0, 0.1) is 10.1 Å². The number of nitrogens with zero attached hydrogens (tertiary/aromatic N) is 2. The first-order chi connectivity index (χ1) is 8.13. The minimum atomic E-state index is -0.491. The van der Waals surface area contributed by atoms with Crippen LogP contribution in [-0.4, -0.2) is 22.1 Å². The standard InChI is InChI=1S/C11H14N2O4/c1-2-5-17-11(14)10-6-9(13(15)16)7-12(10)8-3-4-8/h6-8H,2-5H2,1H3. The van der Waals surface area contributed by atoms with Gasteiger partial charge in [0.1, 0.15) is 5.69 Å². The highest BCUT2D eigenvalue weighted by atomic mass is 16.6. The predicted molar refractivity (Wildman–Crippen MR) is 59.9 cm³/mol. The molecular weight excluding hydrogens is 224 g/mol. The Morgan fingerprint density at radius 1 is 1.65 bits per heavy atom. The van der Waals surface area contributed by atoms with Crippen LogP contribution in [0.3, 0.4) is 0 Å². The molecule has 0 saturated heterocycles. The largest absolute Gasteiger partial charge is 0.461 e. The lowest BCUT2D eigenvalue weighted by Crippen LogP contribution is -2.11. The Balaban J connectivity index is 2.24. The molecule has 1 saturated carbocycles. The van der Waals surface area contributed by atoms with E-state index in [4.69, 9.17) is 4.74 Å². The average molecular weight is 238 g/mol. The number of rotatable bonds is 5. The minimum Gasteiger partial charge on any atom is -0.461 e. The fourth-order valence-electron chi connectivity index (χ4n) is 1.65. The summed E-state index contributed by atoms with van der Waals surface area (Å²) in [5.74, 6) is -0.480. The van der Waals surface area contributed by atoms with Crippen LogP contribution in [0.2, 0.25) is 0 Å². The molecular formula is C11H14N2O4. The van der Waals surface area contributed by atoms with Gasteiger partial charge < -0.3 is 9.30 Å². The van der Waals surface area contributed by atoms with Gasteiger partial charge in [0.05, 0.1) is 17.7 Å². The summed E-state index contributed by atoms with van der Waals surface area (Å²) in [4.78, 5) is 21.9. The molecule has 92 valence electrons. The molecule has 0 N–H and O–H groups in total. The average Bonchev–Trinajstić information content (AvgIpc) is 3.04. The topological polar surface area (TPSA) is 74.4 Å². The van der Waals surface area contributed by atoms with Crippen molar-refractivity contribution in [2.24, 2.45) is 0 Å². The molecule has 1 fully saturated rings. The summed E-state index contributed by atoms with van der Waals surface area (Å²) in [5.41, 5.74) is 0.230. The third-order valence-electron chi connectivity index (χ3n) is 2.63. The van der Waals surface area contributed by atoms with Crippen LogP contribution in [0.15, 0.2) is 12.3 Å². The summed E-state index contributed by atoms with van der Waals surface area (Å²) in [6.45, 7) is 2.23. The van der Waals surface area contributed by atoms with Crippen LogP contribution < -0.4 is 0 Å². The van der Waals surface area contributed by atoms with Crippen molar-refractivity contribution in [2.45, 2.75) is 32.2 Å². The maximum absolute atomic E-state index is 11.7. The molecule has 0 bridgehead atoms. The zero-order valence-electron chi connectivity index (χ0n) is 9.59. The number of carbonyl (C=O) groups excluding carboxylic acids is 1. The highest BCUT2D eigenvalue weighted by molar-refractivity contribution is 5.88. The van der Waals surface area contributed by atoms with Crippen LogP contribution in [0.25, 0.3) is 0 Å². The van der Waals surface area contributed by atoms with Gasteiger partial charge >= 0.3 is 5.97 Å². The molecule has 6 heteroatoms. The maximum Gasteiger partial charge on any atom is 0.355 e. The van der Waals surface area contributed by atoms with E-state index in [2.05, 4.69) is 0 Å². The van der Waals surface area contributed by atoms with E-state index >= 15 is 0 Å². The molecule has 1 aromatic heterocycles. The van der Waals surface area contributed by atoms with Crippen LogP contribution in [-0.2, 0) is 4.74 Å². The van der Waals surface area contributed by atoms with Gasteiger partial charge in [-0.1, -0.05) is 6.92 Å². The Morgan fingerprint density at radius 3 is 2.88 bits per heavy atom. The molecule has 0 radical (unpaired) electrons. The number of nitro groups is 1. The van der Waals surface area contributed by atoms with Crippen molar-refractivity contribution >= 4 is 11.7 Å². The van der Waals surface area contributed by atoms with Crippen molar-refractivity contribution < 1.29 is 14.5 Å². The second kappa shape index (κ2) is 4.57. The second-order valence-corrected chi connectivity index (χ2v) is 4.12. The van der Waals surface area contributed by atoms with Gasteiger partial charge in [-0.2, -0.15) is 0 Å². The summed E-state index contributed by atoms with van der Waals surface area (Å²) in [5, 5.41) is 10.7. The third kappa shape index (κ3) is 2.46. The molecule has 1 aliphatic rings. The fourth-order valence-corrected chi connectivity index (χ4v) is 1.65. The molecule has 1 heterocycles. The summed E-state index contributed by atoms with van der Waals surface area (Å²) >= 11 is 0. The van der Waals surface area contributed by atoms with Crippen molar-refractivity contribution in [1.29, 1.82) is 0 Å². The van der Waals surface area contributed by atoms with E-state index in [0.29, 0.717) is 6.61 Å². The van der Waals surface area contributed by atoms with Gasteiger partial charge in [0, 0.05) is 12.1 Å². The molecule has 0 amide bonds. The first-order valence-electron chi connectivity index (χ1n) is 5.67. The van der Waals surface area contributed by atoms with E-state index in [1.54, 1.807) is 4.57 Å². The molecule has 6 nitrogen and oxygen atoms in total. The minimum absolute atomic E-state index is 0.0552. The van der Waals surface area contributed by atoms with Gasteiger partial charge in [-0.15, -0.1) is 0 Å². The highest BCUT2D eigenvalue weighted by Gasteiger charge is 2.30. The van der Waals surface area contributed by atoms with E-state index in [-0.39, 0.29) is 17.4 Å². The van der Waals surface area contributed by atoms with E-state index in [1.165, 1.54) is 12.3 Å². The fraction of sp³-hybridized carbons (Fsp3) is 0.545. The first-order valence-corrected chi connectivity index (χ1v) is 5.67. The quantitative estimate of drug-likeness (QED) is 0.448. The Morgan fingerprint density at radius 2 is 2.35 bits per heavy atom. The van der Waals surface area contributed by atoms with Crippen molar-refractivity contribution in [3.63, 3.8) is 0 Å². The highest BCUT2D eigenvalue weighted by Crippen LogP contribution is 2.38. The van der Waals surface area contributed by atoms with Crippen LogP contribution in [0.1, 0.15) is 42.7 Å². The third-order valence-corrected chi connectivity index (χ3v) is 2.63. The first kappa shape index (κ1) is 11.6. The van der Waals surface area contributed by atoms with E-state index in [0.717, 1.165) is 19.3 Å². The number of hydrogen-bond donors (Lipinski definition) is 0. The Hall–Kier alpha value is -1.85. The molecule has 2 rings (SSSR count). The summed E-state index contributed by atoms with van der Waals surface area (Å²) in [6.07, 6.45) is 4.07. The Bertz CT molecular complexity index is 448. The molecule has 17 heavy (non-hydrogen) atoms. The van der Waals surface area contributed by atoms with E-state index < -0.39 is 10.9 Å². The van der Waals surface area contributed by atoms with Crippen molar-refractivity contribution in [3.8, 4) is 0 Å². The molecule has 0 unspecified atom stereocenters. The number of aromatic nitrogens is 1. The van der Waals surface area contributed by atoms with Gasteiger partial charge in [-0.05, 0) is 19.3 Å². The van der Waals surface area contributed by atoms with Gasteiger partial charge in [-0.3, -0.25) is 10.1 Å². The number of ether oxygens (including phenoxy) is 1. The molecule has 0 aromatic carbocycles. The van der Waals surface area contributed by atoms with E-state index in [9.17, 15) is 14.9 Å². The SMILES string of the molecule is CCCOC(=O)c1cc([N+](=O)[O-])cn1C1CC1. The number of carbonyl (C=O) groups is 1. The Labute approximate surface area is 98.3 Å². The normalized spacial score (nSPS) is 14.6. The lowest BCUT2D eigenvalue weighted by molar-refractivity contribution is -0.384. The summed E-state index contributed by atoms with van der Waals surface area (Å²) in [6, 6.07) is 1.50. The molecule has 1 aromatic rings. The monoisotopic (exact) mass is 238 g/mol. The number of esters is 1. The molecule has 1 aliphatic carbocycles. The molecule has 0 spiro atoms. The van der Waals surface area contributed by atoms with Gasteiger partial charge in [-0.25, -0.2) is 4.79 Å². The van der Waals surface area contributed by atoms with Crippen molar-refractivity contribution in [2.75, 3.05) is 6.61 Å². The summed E-state index contributed by atoms with van der Waals surface area (Å²) < 4.78 is 6.67. The summed E-state index contributed by atoms with van der Waals surface area (Å²) in [7, 11) is 0. The van der Waals surface area contributed by atoms with Crippen LogP contribution in [0.4, 0.5) is 5.69 Å². The maximum atomic E-state index is 11.7. The van der Waals surface area contributed by atoms with Crippen molar-refractivity contribution in [3.05, 3.63) is 28.1 Å². The lowest BCUT2D eigenvalue weighted by Gasteiger charge is -2.06. The zero-order valence-corrected chi connectivity index (χ0v) is 9.59. The number of hydrogen-bond acceptors (Lipinski definition) is 4. The van der Waals surface area contributed by atoms with Crippen LogP contribution >= 0.6 is 0 Å². The predicted octanol–water partition coefficient (Wildman–Crippen LogP) is 2.30. The smallest absolute Gasteiger partial charge is 0.355 e. The van der Waals surface area contributed by atoms with Gasteiger partial charge in [0.25, 0.3) is 5.69 Å². The Kier molecular flexibility index (Phi) is 3.12. The molecule has 0 aliphatic heterocycles. The van der Waals surface area contributed by atoms with E-state index in [1.807, 2.05) is 6.92 Å². The van der Waals surface area contributed by atoms with Crippen molar-refractivity contribution in [1.82, 2.24) is 4.57 Å².